The fraction of sp³-hybridized carbons (Fsp3) is 0.417. The van der Waals surface area contributed by atoms with Crippen LogP contribution in [0.1, 0.15) is 26.3 Å². The van der Waals surface area contributed by atoms with Gasteiger partial charge in [-0.2, -0.15) is 0 Å². The molecule has 1 rings (SSSR count). The molecule has 15 heavy (non-hydrogen) atoms. The Morgan fingerprint density at radius 3 is 2.27 bits per heavy atom. The molecule has 82 valence electrons. The van der Waals surface area contributed by atoms with Gasteiger partial charge < -0.3 is 4.90 Å². The third-order valence-corrected chi connectivity index (χ3v) is 2.29. The van der Waals surface area contributed by atoms with Crippen LogP contribution in [-0.4, -0.2) is 16.8 Å². The molecule has 0 N–H and O–H groups in total. The van der Waals surface area contributed by atoms with Crippen LogP contribution in [-0.2, 0) is 11.3 Å². The zero-order chi connectivity index (χ0) is 11.4. The van der Waals surface area contributed by atoms with Crippen molar-refractivity contribution < 1.29 is 9.18 Å². The Hall–Kier alpha value is -1.38. The van der Waals surface area contributed by atoms with Gasteiger partial charge in [0.15, 0.2) is 0 Å². The van der Waals surface area contributed by atoms with Gasteiger partial charge in [-0.05, 0) is 31.5 Å². The first-order chi connectivity index (χ1) is 7.00. The Labute approximate surface area is 89.7 Å². The number of benzene rings is 1. The summed E-state index contributed by atoms with van der Waals surface area (Å²) in [6, 6.07) is 6.39. The van der Waals surface area contributed by atoms with Gasteiger partial charge in [0.25, 0.3) is 0 Å². The van der Waals surface area contributed by atoms with E-state index < -0.39 is 0 Å². The van der Waals surface area contributed by atoms with E-state index in [1.54, 1.807) is 24.0 Å². The number of carbonyl (C=O) groups excluding carboxylic acids is 1. The van der Waals surface area contributed by atoms with Gasteiger partial charge in [-0.3, -0.25) is 4.79 Å². The molecule has 1 aromatic rings. The van der Waals surface area contributed by atoms with Crippen molar-refractivity contribution in [2.75, 3.05) is 0 Å². The molecule has 2 nitrogen and oxygen atoms in total. The highest BCUT2D eigenvalue weighted by molar-refractivity contribution is 5.73. The van der Waals surface area contributed by atoms with Crippen molar-refractivity contribution in [3.05, 3.63) is 35.6 Å². The number of amides is 1. The third kappa shape index (κ3) is 3.35. The van der Waals surface area contributed by atoms with Crippen molar-refractivity contribution >= 4 is 5.91 Å². The molecule has 0 heterocycles. The monoisotopic (exact) mass is 209 g/mol. The van der Waals surface area contributed by atoms with Crippen LogP contribution in [0.15, 0.2) is 24.3 Å². The van der Waals surface area contributed by atoms with Gasteiger partial charge >= 0.3 is 0 Å². The maximum atomic E-state index is 12.7. The molecule has 0 aliphatic carbocycles. The predicted molar refractivity (Wildman–Crippen MR) is 57.8 cm³/mol. The summed E-state index contributed by atoms with van der Waals surface area (Å²) >= 11 is 0. The normalized spacial score (nSPS) is 10.5. The maximum absolute atomic E-state index is 12.7. The van der Waals surface area contributed by atoms with Crippen molar-refractivity contribution in [1.29, 1.82) is 0 Å². The lowest BCUT2D eigenvalue weighted by molar-refractivity contribution is -0.131. The lowest BCUT2D eigenvalue weighted by atomic mass is 10.2. The van der Waals surface area contributed by atoms with E-state index in [-0.39, 0.29) is 17.8 Å². The molecular weight excluding hydrogens is 193 g/mol. The summed E-state index contributed by atoms with van der Waals surface area (Å²) in [5.41, 5.74) is 0.945. The lowest BCUT2D eigenvalue weighted by Gasteiger charge is -2.25. The second kappa shape index (κ2) is 4.91. The topological polar surface area (TPSA) is 20.3 Å². The summed E-state index contributed by atoms with van der Waals surface area (Å²) < 4.78 is 12.7. The van der Waals surface area contributed by atoms with Crippen LogP contribution in [0, 0.1) is 5.82 Å². The van der Waals surface area contributed by atoms with Gasteiger partial charge in [-0.25, -0.2) is 4.39 Å². The lowest BCUT2D eigenvalue weighted by Crippen LogP contribution is -2.34. The molecule has 1 aromatic carbocycles. The summed E-state index contributed by atoms with van der Waals surface area (Å²) in [5.74, 6) is -0.216. The Kier molecular flexibility index (Phi) is 3.83. The van der Waals surface area contributed by atoms with Crippen LogP contribution in [0.3, 0.4) is 0 Å². The molecule has 0 radical (unpaired) electrons. The van der Waals surface area contributed by atoms with E-state index in [0.717, 1.165) is 5.56 Å². The van der Waals surface area contributed by atoms with E-state index in [4.69, 9.17) is 0 Å². The largest absolute Gasteiger partial charge is 0.336 e. The summed E-state index contributed by atoms with van der Waals surface area (Å²) in [4.78, 5) is 13.1. The number of rotatable bonds is 3. The van der Waals surface area contributed by atoms with Crippen LogP contribution in [0.25, 0.3) is 0 Å². The predicted octanol–water partition coefficient (Wildman–Crippen LogP) is 2.58. The fourth-order valence-corrected chi connectivity index (χ4v) is 1.44. The Bertz CT molecular complexity index is 332. The van der Waals surface area contributed by atoms with Crippen LogP contribution >= 0.6 is 0 Å². The maximum Gasteiger partial charge on any atom is 0.219 e. The Balaban J connectivity index is 2.74. The smallest absolute Gasteiger partial charge is 0.219 e. The summed E-state index contributed by atoms with van der Waals surface area (Å²) in [6.45, 7) is 6.01. The quantitative estimate of drug-likeness (QED) is 0.749. The van der Waals surface area contributed by atoms with Gasteiger partial charge in [0, 0.05) is 19.5 Å². The van der Waals surface area contributed by atoms with E-state index in [9.17, 15) is 9.18 Å². The van der Waals surface area contributed by atoms with Gasteiger partial charge in [0.05, 0.1) is 0 Å². The molecule has 0 saturated heterocycles. The van der Waals surface area contributed by atoms with Crippen LogP contribution < -0.4 is 0 Å². The van der Waals surface area contributed by atoms with E-state index in [1.807, 2.05) is 13.8 Å². The minimum Gasteiger partial charge on any atom is -0.336 e. The summed E-state index contributed by atoms with van der Waals surface area (Å²) in [7, 11) is 0. The van der Waals surface area contributed by atoms with Crippen molar-refractivity contribution in [3.63, 3.8) is 0 Å². The second-order valence-electron chi connectivity index (χ2n) is 3.87. The SMILES string of the molecule is CC(=O)N(Cc1ccc(F)cc1)C(C)C. The molecule has 1 amide bonds. The van der Waals surface area contributed by atoms with Gasteiger partial charge in [-0.1, -0.05) is 12.1 Å². The van der Waals surface area contributed by atoms with Crippen molar-refractivity contribution in [2.24, 2.45) is 0 Å². The number of hydrogen-bond donors (Lipinski definition) is 0. The molecule has 3 heteroatoms. The highest BCUT2D eigenvalue weighted by Gasteiger charge is 2.12. The molecule has 0 aliphatic heterocycles. The minimum absolute atomic E-state index is 0.0364. The zero-order valence-electron chi connectivity index (χ0n) is 9.33. The van der Waals surface area contributed by atoms with Gasteiger partial charge in [0.1, 0.15) is 5.82 Å². The van der Waals surface area contributed by atoms with Gasteiger partial charge in [0.2, 0.25) is 5.91 Å². The van der Waals surface area contributed by atoms with E-state index in [0.29, 0.717) is 6.54 Å². The summed E-state index contributed by atoms with van der Waals surface area (Å²) in [5, 5.41) is 0. The van der Waals surface area contributed by atoms with E-state index in [1.165, 1.54) is 12.1 Å². The standard InChI is InChI=1S/C12H16FNO/c1-9(2)14(10(3)15)8-11-4-6-12(13)7-5-11/h4-7,9H,8H2,1-3H3. The molecular formula is C12H16FNO. The van der Waals surface area contributed by atoms with Crippen molar-refractivity contribution in [3.8, 4) is 0 Å². The van der Waals surface area contributed by atoms with Crippen LogP contribution in [0.4, 0.5) is 4.39 Å². The van der Waals surface area contributed by atoms with Crippen molar-refractivity contribution in [2.45, 2.75) is 33.4 Å². The summed E-state index contributed by atoms with van der Waals surface area (Å²) in [6.07, 6.45) is 0. The first-order valence-corrected chi connectivity index (χ1v) is 5.02. The molecule has 0 spiro atoms. The highest BCUT2D eigenvalue weighted by atomic mass is 19.1. The average molecular weight is 209 g/mol. The molecule has 0 unspecified atom stereocenters. The first-order valence-electron chi connectivity index (χ1n) is 5.02. The molecule has 0 saturated carbocycles. The van der Waals surface area contributed by atoms with Crippen LogP contribution in [0.5, 0.6) is 0 Å². The average Bonchev–Trinajstić information content (AvgIpc) is 2.15. The van der Waals surface area contributed by atoms with E-state index >= 15 is 0 Å². The molecule has 0 fully saturated rings. The molecule has 0 aliphatic rings. The number of halogens is 1. The highest BCUT2D eigenvalue weighted by Crippen LogP contribution is 2.09. The third-order valence-electron chi connectivity index (χ3n) is 2.29. The minimum atomic E-state index is -0.252. The first kappa shape index (κ1) is 11.7. The van der Waals surface area contributed by atoms with E-state index in [2.05, 4.69) is 0 Å². The number of carbonyl (C=O) groups is 1. The molecule has 0 bridgehead atoms. The fourth-order valence-electron chi connectivity index (χ4n) is 1.44. The molecule has 0 atom stereocenters. The zero-order valence-corrected chi connectivity index (χ0v) is 9.33. The second-order valence-corrected chi connectivity index (χ2v) is 3.87. The number of nitrogens with zero attached hydrogens (tertiary/aromatic N) is 1. The molecule has 0 aromatic heterocycles. The van der Waals surface area contributed by atoms with Crippen molar-refractivity contribution in [1.82, 2.24) is 4.90 Å². The number of hydrogen-bond acceptors (Lipinski definition) is 1. The van der Waals surface area contributed by atoms with Gasteiger partial charge in [-0.15, -0.1) is 0 Å². The van der Waals surface area contributed by atoms with Crippen LogP contribution in [0.2, 0.25) is 0 Å². The Morgan fingerprint density at radius 2 is 1.87 bits per heavy atom. The Morgan fingerprint density at radius 1 is 1.33 bits per heavy atom.